The van der Waals surface area contributed by atoms with Gasteiger partial charge in [0.15, 0.2) is 0 Å². The smallest absolute Gasteiger partial charge is 0.277 e. The zero-order chi connectivity index (χ0) is 12.0. The summed E-state index contributed by atoms with van der Waals surface area (Å²) in [6, 6.07) is 0. The van der Waals surface area contributed by atoms with Crippen molar-refractivity contribution < 1.29 is 4.42 Å². The van der Waals surface area contributed by atoms with E-state index in [1.54, 1.807) is 23.5 Å². The maximum absolute atomic E-state index is 5.47. The van der Waals surface area contributed by atoms with Gasteiger partial charge in [0.25, 0.3) is 5.22 Å². The summed E-state index contributed by atoms with van der Waals surface area (Å²) in [7, 11) is -0.923. The molecule has 0 bridgehead atoms. The predicted molar refractivity (Wildman–Crippen MR) is 78.0 cm³/mol. The minimum absolute atomic E-state index is 0.701. The lowest BCUT2D eigenvalue weighted by Gasteiger charge is -2.13. The molecular weight excluding hydrogens is 276 g/mol. The van der Waals surface area contributed by atoms with Gasteiger partial charge < -0.3 is 4.42 Å². The number of hydrogen-bond acceptors (Lipinski definition) is 6. The van der Waals surface area contributed by atoms with Crippen molar-refractivity contribution in [1.82, 2.24) is 10.2 Å². The van der Waals surface area contributed by atoms with Crippen LogP contribution >= 0.6 is 35.3 Å². The van der Waals surface area contributed by atoms with E-state index in [0.717, 1.165) is 16.7 Å². The Labute approximate surface area is 111 Å². The summed E-state index contributed by atoms with van der Waals surface area (Å²) < 4.78 is 5.47. The van der Waals surface area contributed by atoms with Crippen molar-refractivity contribution >= 4 is 43.4 Å². The van der Waals surface area contributed by atoms with Crippen LogP contribution in [0, 0.1) is 0 Å². The van der Waals surface area contributed by atoms with Crippen LogP contribution in [0.15, 0.2) is 9.64 Å². The SMILES string of the molecule is CSCc1nnc(SCSC[Si](C)(C)C)o1. The predicted octanol–water partition coefficient (Wildman–Crippen LogP) is 3.59. The fourth-order valence-electron chi connectivity index (χ4n) is 0.918. The third-order valence-corrected chi connectivity index (χ3v) is 7.88. The Hall–Kier alpha value is 0.407. The van der Waals surface area contributed by atoms with Gasteiger partial charge in [0.2, 0.25) is 5.89 Å². The largest absolute Gasteiger partial charge is 0.415 e. The molecule has 0 unspecified atom stereocenters. The quantitative estimate of drug-likeness (QED) is 0.331. The molecule has 1 aromatic rings. The lowest BCUT2D eigenvalue weighted by atomic mass is 10.8. The van der Waals surface area contributed by atoms with Crippen molar-refractivity contribution in [2.45, 2.75) is 30.6 Å². The molecule has 92 valence electrons. The van der Waals surface area contributed by atoms with Gasteiger partial charge in [-0.2, -0.15) is 23.5 Å². The van der Waals surface area contributed by atoms with Crippen LogP contribution in [0.2, 0.25) is 19.6 Å². The third kappa shape index (κ3) is 6.22. The highest BCUT2D eigenvalue weighted by Crippen LogP contribution is 2.23. The number of aromatic nitrogens is 2. The van der Waals surface area contributed by atoms with Gasteiger partial charge in [-0.15, -0.1) is 10.2 Å². The number of hydrogen-bond donors (Lipinski definition) is 0. The van der Waals surface area contributed by atoms with Gasteiger partial charge in [-0.25, -0.2) is 0 Å². The first-order valence-corrected chi connectivity index (χ1v) is 12.3. The Morgan fingerprint density at radius 2 is 2.00 bits per heavy atom. The van der Waals surface area contributed by atoms with E-state index in [2.05, 4.69) is 29.8 Å². The summed E-state index contributed by atoms with van der Waals surface area (Å²) >= 11 is 5.31. The van der Waals surface area contributed by atoms with Crippen molar-refractivity contribution in [3.8, 4) is 0 Å². The van der Waals surface area contributed by atoms with E-state index in [1.165, 1.54) is 5.38 Å². The second kappa shape index (κ2) is 6.98. The average Bonchev–Trinajstić information content (AvgIpc) is 2.60. The first-order valence-electron chi connectivity index (χ1n) is 5.03. The van der Waals surface area contributed by atoms with Crippen LogP contribution in [0.1, 0.15) is 5.89 Å². The molecule has 16 heavy (non-hydrogen) atoms. The molecule has 1 heterocycles. The molecule has 0 saturated heterocycles. The van der Waals surface area contributed by atoms with E-state index in [-0.39, 0.29) is 0 Å². The van der Waals surface area contributed by atoms with Gasteiger partial charge in [-0.3, -0.25) is 0 Å². The van der Waals surface area contributed by atoms with Crippen molar-refractivity contribution in [2.24, 2.45) is 0 Å². The van der Waals surface area contributed by atoms with Crippen molar-refractivity contribution in [2.75, 3.05) is 16.7 Å². The van der Waals surface area contributed by atoms with Crippen LogP contribution in [0.3, 0.4) is 0 Å². The lowest BCUT2D eigenvalue weighted by Crippen LogP contribution is -2.23. The van der Waals surface area contributed by atoms with E-state index >= 15 is 0 Å². The van der Waals surface area contributed by atoms with Crippen LogP contribution in [-0.2, 0) is 5.75 Å². The molecule has 0 radical (unpaired) electrons. The Balaban J connectivity index is 2.21. The number of rotatable bonds is 7. The van der Waals surface area contributed by atoms with Crippen LogP contribution in [0.4, 0.5) is 0 Å². The normalized spacial score (nSPS) is 12.0. The van der Waals surface area contributed by atoms with Gasteiger partial charge in [0.05, 0.1) is 13.8 Å². The molecular formula is C9H18N2OS3Si. The highest BCUT2D eigenvalue weighted by Gasteiger charge is 2.13. The fraction of sp³-hybridized carbons (Fsp3) is 0.778. The molecule has 0 atom stereocenters. The van der Waals surface area contributed by atoms with E-state index in [0.29, 0.717) is 5.22 Å². The third-order valence-electron chi connectivity index (χ3n) is 1.52. The van der Waals surface area contributed by atoms with Crippen LogP contribution in [-0.4, -0.2) is 35.0 Å². The topological polar surface area (TPSA) is 38.9 Å². The lowest BCUT2D eigenvalue weighted by molar-refractivity contribution is 0.427. The summed E-state index contributed by atoms with van der Waals surface area (Å²) in [5.74, 6) is 1.53. The molecule has 0 fully saturated rings. The monoisotopic (exact) mass is 294 g/mol. The average molecular weight is 295 g/mol. The standard InChI is InChI=1S/C9H18N2OS3Si/c1-13-5-8-10-11-9(12-8)15-6-14-7-16(2,3)4/h5-7H2,1-4H3. The zero-order valence-electron chi connectivity index (χ0n) is 10.1. The number of thioether (sulfide) groups is 3. The fourth-order valence-corrected chi connectivity index (χ4v) is 5.80. The van der Waals surface area contributed by atoms with Gasteiger partial charge in [-0.1, -0.05) is 31.4 Å². The molecule has 0 N–H and O–H groups in total. The molecule has 3 nitrogen and oxygen atoms in total. The van der Waals surface area contributed by atoms with Gasteiger partial charge in [0.1, 0.15) is 0 Å². The molecule has 0 saturated carbocycles. The molecule has 0 aliphatic carbocycles. The highest BCUT2D eigenvalue weighted by molar-refractivity contribution is 8.16. The number of nitrogens with zero attached hydrogens (tertiary/aromatic N) is 2. The molecule has 1 aromatic heterocycles. The maximum atomic E-state index is 5.47. The van der Waals surface area contributed by atoms with E-state index in [9.17, 15) is 0 Å². The highest BCUT2D eigenvalue weighted by atomic mass is 32.2. The molecule has 0 aliphatic rings. The summed E-state index contributed by atoms with van der Waals surface area (Å²) in [6.45, 7) is 7.15. The van der Waals surface area contributed by atoms with Gasteiger partial charge in [0, 0.05) is 5.08 Å². The summed E-state index contributed by atoms with van der Waals surface area (Å²) in [5, 5.41) is 11.0. The van der Waals surface area contributed by atoms with Crippen LogP contribution < -0.4 is 0 Å². The second-order valence-electron chi connectivity index (χ2n) is 4.57. The van der Waals surface area contributed by atoms with Gasteiger partial charge in [-0.05, 0) is 11.6 Å². The molecule has 0 amide bonds. The maximum Gasteiger partial charge on any atom is 0.277 e. The minimum atomic E-state index is -0.923. The van der Waals surface area contributed by atoms with Crippen molar-refractivity contribution in [3.05, 3.63) is 5.89 Å². The Bertz CT molecular complexity index is 314. The molecule has 1 rings (SSSR count). The molecule has 7 heteroatoms. The summed E-state index contributed by atoms with van der Waals surface area (Å²) in [4.78, 5) is 0. The molecule has 0 aromatic carbocycles. The summed E-state index contributed by atoms with van der Waals surface area (Å²) in [5.41, 5.74) is 0. The first-order chi connectivity index (χ1) is 7.51. The van der Waals surface area contributed by atoms with Crippen molar-refractivity contribution in [1.29, 1.82) is 0 Å². The van der Waals surface area contributed by atoms with Crippen molar-refractivity contribution in [3.63, 3.8) is 0 Å². The van der Waals surface area contributed by atoms with Gasteiger partial charge >= 0.3 is 0 Å². The minimum Gasteiger partial charge on any atom is -0.415 e. The van der Waals surface area contributed by atoms with Crippen LogP contribution in [0.25, 0.3) is 0 Å². The van der Waals surface area contributed by atoms with Crippen LogP contribution in [0.5, 0.6) is 0 Å². The summed E-state index contributed by atoms with van der Waals surface area (Å²) in [6.07, 6.45) is 2.03. The second-order valence-corrected chi connectivity index (χ2v) is 13.7. The Morgan fingerprint density at radius 1 is 1.25 bits per heavy atom. The Kier molecular flexibility index (Phi) is 6.31. The Morgan fingerprint density at radius 3 is 2.62 bits per heavy atom. The molecule has 0 spiro atoms. The zero-order valence-corrected chi connectivity index (χ0v) is 13.6. The first kappa shape index (κ1) is 14.5. The molecule has 0 aliphatic heterocycles. The van der Waals surface area contributed by atoms with E-state index < -0.39 is 8.07 Å². The van der Waals surface area contributed by atoms with E-state index in [1.807, 2.05) is 18.0 Å². The van der Waals surface area contributed by atoms with E-state index in [4.69, 9.17) is 4.42 Å².